The average Bonchev–Trinajstić information content (AvgIpc) is 3.75. The highest BCUT2D eigenvalue weighted by molar-refractivity contribution is 5.96. The maximum Gasteiger partial charge on any atom is 0.343 e. The molecule has 3 heterocycles. The van der Waals surface area contributed by atoms with E-state index in [4.69, 9.17) is 0 Å². The summed E-state index contributed by atoms with van der Waals surface area (Å²) < 4.78 is 2.59. The van der Waals surface area contributed by atoms with Gasteiger partial charge in [0.25, 0.3) is 0 Å². The monoisotopic (exact) mass is 824 g/mol. The lowest BCUT2D eigenvalue weighted by Gasteiger charge is -2.47. The summed E-state index contributed by atoms with van der Waals surface area (Å²) in [6.45, 7) is 13.7. The third kappa shape index (κ3) is 14.6. The first-order valence-corrected chi connectivity index (χ1v) is 22.5. The summed E-state index contributed by atoms with van der Waals surface area (Å²) in [5.74, 6) is 0.781. The highest BCUT2D eigenvalue weighted by Crippen LogP contribution is 2.27. The van der Waals surface area contributed by atoms with Crippen molar-refractivity contribution in [2.75, 3.05) is 32.8 Å². The topological polar surface area (TPSA) is 179 Å². The Labute approximate surface area is 351 Å². The van der Waals surface area contributed by atoms with Crippen molar-refractivity contribution in [1.29, 1.82) is 0 Å². The summed E-state index contributed by atoms with van der Waals surface area (Å²) in [6, 6.07) is -1.23. The van der Waals surface area contributed by atoms with Gasteiger partial charge in [-0.25, -0.2) is 28.9 Å². The molecule has 1 saturated carbocycles. The quantitative estimate of drug-likeness (QED) is 0.0822. The summed E-state index contributed by atoms with van der Waals surface area (Å²) in [6.07, 6.45) is 19.4. The van der Waals surface area contributed by atoms with Gasteiger partial charge in [0, 0.05) is 44.6 Å². The zero-order valence-corrected chi connectivity index (χ0v) is 36.8. The summed E-state index contributed by atoms with van der Waals surface area (Å²) in [5, 5.41) is 20.5. The number of imide groups is 1. The smallest absolute Gasteiger partial charge is 0.338 e. The van der Waals surface area contributed by atoms with Crippen molar-refractivity contribution in [3.05, 3.63) is 34.9 Å². The minimum Gasteiger partial charge on any atom is -0.338 e. The normalized spacial score (nSPS) is 18.3. The molecule has 1 aliphatic heterocycles. The molecule has 8 amide bonds. The molecule has 2 aliphatic rings. The molecular weight excluding hydrogens is 751 g/mol. The second kappa shape index (κ2) is 24.5. The van der Waals surface area contributed by atoms with E-state index in [2.05, 4.69) is 45.3 Å². The van der Waals surface area contributed by atoms with E-state index in [0.717, 1.165) is 112 Å². The first-order chi connectivity index (χ1) is 28.4. The zero-order chi connectivity index (χ0) is 42.7. The predicted molar refractivity (Wildman–Crippen MR) is 229 cm³/mol. The van der Waals surface area contributed by atoms with E-state index in [0.29, 0.717) is 32.5 Å². The largest absolute Gasteiger partial charge is 0.343 e. The standard InChI is InChI=1S/C43H73N11O5/c1-7-9-10-15-20-38-50(27-18-13-12-17-26-45-40(56)53-29-32(3)34(5)48-53)42(58)51(43(59)52(38)31-46-41(57)54-30-33(4)35(6)49-54)28-19-14-11-16-25-44-39(55)47-37-23-21-36(8-2)22-24-37/h29-30,36-38H,7-28,31H2,1-6H3,(H,45,56)(H,46,57)(H2,44,47,55). The van der Waals surface area contributed by atoms with Crippen LogP contribution in [0.25, 0.3) is 0 Å². The van der Waals surface area contributed by atoms with Crippen LogP contribution < -0.4 is 21.3 Å². The molecule has 330 valence electrons. The predicted octanol–water partition coefficient (Wildman–Crippen LogP) is 7.93. The molecule has 1 atom stereocenters. The van der Waals surface area contributed by atoms with Crippen LogP contribution in [0.15, 0.2) is 12.4 Å². The maximum absolute atomic E-state index is 14.2. The number of carbonyl (C=O) groups is 5. The first kappa shape index (κ1) is 47.1. The van der Waals surface area contributed by atoms with E-state index in [1.165, 1.54) is 33.5 Å². The van der Waals surface area contributed by atoms with E-state index in [9.17, 15) is 24.0 Å². The Kier molecular flexibility index (Phi) is 19.5. The molecule has 4 rings (SSSR count). The number of urea groups is 3. The molecular formula is C43H73N11O5. The van der Waals surface area contributed by atoms with Gasteiger partial charge >= 0.3 is 30.2 Å². The number of nitrogens with zero attached hydrogens (tertiary/aromatic N) is 7. The fraction of sp³-hybridized carbons (Fsp3) is 0.744. The van der Waals surface area contributed by atoms with Gasteiger partial charge in [0.05, 0.1) is 18.1 Å². The van der Waals surface area contributed by atoms with Crippen LogP contribution in [-0.4, -0.2) is 109 Å². The van der Waals surface area contributed by atoms with Crippen LogP contribution >= 0.6 is 0 Å². The van der Waals surface area contributed by atoms with Gasteiger partial charge in [-0.3, -0.25) is 4.90 Å². The van der Waals surface area contributed by atoms with Gasteiger partial charge in [-0.15, -0.1) is 0 Å². The Morgan fingerprint density at radius 2 is 1.19 bits per heavy atom. The highest BCUT2D eigenvalue weighted by atomic mass is 16.2. The Morgan fingerprint density at radius 1 is 0.644 bits per heavy atom. The van der Waals surface area contributed by atoms with E-state index in [1.807, 2.05) is 32.6 Å². The van der Waals surface area contributed by atoms with Gasteiger partial charge in [-0.1, -0.05) is 65.2 Å². The fourth-order valence-corrected chi connectivity index (χ4v) is 7.96. The minimum absolute atomic E-state index is 0.0584. The van der Waals surface area contributed by atoms with Crippen LogP contribution in [0, 0.1) is 33.6 Å². The lowest BCUT2D eigenvalue weighted by molar-refractivity contribution is 0.0213. The van der Waals surface area contributed by atoms with E-state index < -0.39 is 18.2 Å². The molecule has 16 heteroatoms. The molecule has 0 radical (unpaired) electrons. The fourth-order valence-electron chi connectivity index (χ4n) is 7.96. The van der Waals surface area contributed by atoms with Crippen molar-refractivity contribution in [2.45, 2.75) is 169 Å². The maximum atomic E-state index is 14.2. The minimum atomic E-state index is -0.497. The third-order valence-electron chi connectivity index (χ3n) is 12.0. The van der Waals surface area contributed by atoms with Gasteiger partial charge in [0.1, 0.15) is 6.17 Å². The van der Waals surface area contributed by atoms with Gasteiger partial charge in [0.2, 0.25) is 0 Å². The van der Waals surface area contributed by atoms with Crippen LogP contribution in [0.2, 0.25) is 0 Å². The molecule has 1 saturated heterocycles. The lowest BCUT2D eigenvalue weighted by atomic mass is 9.85. The summed E-state index contributed by atoms with van der Waals surface area (Å²) >= 11 is 0. The van der Waals surface area contributed by atoms with Crippen molar-refractivity contribution in [2.24, 2.45) is 5.92 Å². The SMILES string of the molecule is CCCCCCC1N(CCCCCCNC(=O)n2cc(C)c(C)n2)C(=O)N(CCCCCCNC(=O)NC2CCC(CC)CC2)C(=O)N1CNC(=O)n1cc(C)c(C)n1. The second-order valence-corrected chi connectivity index (χ2v) is 16.6. The molecule has 2 fully saturated rings. The van der Waals surface area contributed by atoms with Crippen molar-refractivity contribution in [1.82, 2.24) is 55.5 Å². The van der Waals surface area contributed by atoms with Gasteiger partial charge in [-0.05, 0) is 109 Å². The molecule has 0 aromatic carbocycles. The zero-order valence-electron chi connectivity index (χ0n) is 36.8. The van der Waals surface area contributed by atoms with Crippen molar-refractivity contribution >= 4 is 30.2 Å². The van der Waals surface area contributed by atoms with E-state index >= 15 is 0 Å². The number of nitrogens with one attached hydrogen (secondary N) is 4. The number of aryl methyl sites for hydroxylation is 4. The Balaban J connectivity index is 1.32. The Morgan fingerprint density at radius 3 is 1.76 bits per heavy atom. The summed E-state index contributed by atoms with van der Waals surface area (Å²) in [4.78, 5) is 71.3. The van der Waals surface area contributed by atoms with Gasteiger partial charge in [0.15, 0.2) is 0 Å². The molecule has 2 aromatic rings. The molecule has 1 unspecified atom stereocenters. The molecule has 0 bridgehead atoms. The van der Waals surface area contributed by atoms with E-state index in [1.54, 1.807) is 17.3 Å². The van der Waals surface area contributed by atoms with Crippen LogP contribution in [0.4, 0.5) is 24.0 Å². The number of hydrogen-bond donors (Lipinski definition) is 4. The third-order valence-corrected chi connectivity index (χ3v) is 12.0. The lowest BCUT2D eigenvalue weighted by Crippen LogP contribution is -2.68. The molecule has 2 aromatic heterocycles. The number of hydrogen-bond acceptors (Lipinski definition) is 7. The molecule has 0 spiro atoms. The van der Waals surface area contributed by atoms with E-state index in [-0.39, 0.29) is 37.3 Å². The average molecular weight is 824 g/mol. The summed E-state index contributed by atoms with van der Waals surface area (Å²) in [7, 11) is 0. The number of carbonyl (C=O) groups excluding carboxylic acids is 5. The number of unbranched alkanes of at least 4 members (excludes halogenated alkanes) is 9. The number of aromatic nitrogens is 4. The molecule has 1 aliphatic carbocycles. The number of rotatable bonds is 23. The van der Waals surface area contributed by atoms with Crippen molar-refractivity contribution < 1.29 is 24.0 Å². The van der Waals surface area contributed by atoms with Crippen molar-refractivity contribution in [3.63, 3.8) is 0 Å². The van der Waals surface area contributed by atoms with Crippen LogP contribution in [0.5, 0.6) is 0 Å². The van der Waals surface area contributed by atoms with Gasteiger partial charge in [-0.2, -0.15) is 19.6 Å². The molecule has 59 heavy (non-hydrogen) atoms. The molecule has 4 N–H and O–H groups in total. The number of amides is 8. The molecule has 16 nitrogen and oxygen atoms in total. The van der Waals surface area contributed by atoms with Crippen LogP contribution in [0.1, 0.15) is 152 Å². The second-order valence-electron chi connectivity index (χ2n) is 16.6. The highest BCUT2D eigenvalue weighted by Gasteiger charge is 2.43. The first-order valence-electron chi connectivity index (χ1n) is 22.5. The van der Waals surface area contributed by atoms with Crippen molar-refractivity contribution in [3.8, 4) is 0 Å². The Hall–Kier alpha value is -4.63. The summed E-state index contributed by atoms with van der Waals surface area (Å²) in [5.41, 5.74) is 3.43. The van der Waals surface area contributed by atoms with Gasteiger partial charge < -0.3 is 26.2 Å². The van der Waals surface area contributed by atoms with Crippen LogP contribution in [-0.2, 0) is 0 Å². The Bertz CT molecular complexity index is 1610. The van der Waals surface area contributed by atoms with Crippen LogP contribution in [0.3, 0.4) is 0 Å².